The number of nitrogens with zero attached hydrogens (tertiary/aromatic N) is 1. The maximum absolute atomic E-state index is 12.7. The Labute approximate surface area is 138 Å². The molecule has 0 spiro atoms. The van der Waals surface area contributed by atoms with Crippen molar-refractivity contribution in [3.63, 3.8) is 0 Å². The van der Waals surface area contributed by atoms with E-state index in [0.717, 1.165) is 31.5 Å². The first-order chi connectivity index (χ1) is 11.0. The Hall–Kier alpha value is -1.62. The van der Waals surface area contributed by atoms with Gasteiger partial charge in [-0.25, -0.2) is 0 Å². The fraction of sp³-hybridized carbons (Fsp3) is 0.667. The van der Waals surface area contributed by atoms with Crippen molar-refractivity contribution in [3.05, 3.63) is 33.7 Å². The van der Waals surface area contributed by atoms with Gasteiger partial charge in [-0.3, -0.25) is 9.59 Å². The number of piperidine rings is 1. The number of aromatic nitrogens is 1. The molecule has 1 aliphatic rings. The molecule has 1 aromatic heterocycles. The molecular formula is C18H28N2O3. The number of carbonyl (C=O) groups is 1. The van der Waals surface area contributed by atoms with Crippen molar-refractivity contribution in [2.24, 2.45) is 11.8 Å². The molecule has 128 valence electrons. The number of pyridine rings is 1. The fourth-order valence-corrected chi connectivity index (χ4v) is 3.13. The molecule has 0 bridgehead atoms. The smallest absolute Gasteiger partial charge is 0.254 e. The minimum absolute atomic E-state index is 0.0395. The van der Waals surface area contributed by atoms with Gasteiger partial charge in [0.2, 0.25) is 5.56 Å². The van der Waals surface area contributed by atoms with E-state index >= 15 is 0 Å². The highest BCUT2D eigenvalue weighted by Gasteiger charge is 2.25. The van der Waals surface area contributed by atoms with Crippen molar-refractivity contribution >= 4 is 5.91 Å². The van der Waals surface area contributed by atoms with Gasteiger partial charge < -0.3 is 14.6 Å². The number of ether oxygens (including phenoxy) is 1. The molecule has 1 fully saturated rings. The molecule has 1 N–H and O–H groups in total. The van der Waals surface area contributed by atoms with Gasteiger partial charge in [0.25, 0.3) is 5.91 Å². The monoisotopic (exact) mass is 320 g/mol. The second kappa shape index (κ2) is 8.29. The van der Waals surface area contributed by atoms with Crippen LogP contribution in [-0.2, 0) is 11.2 Å². The first-order valence-electron chi connectivity index (χ1n) is 8.59. The van der Waals surface area contributed by atoms with E-state index in [1.165, 1.54) is 6.07 Å². The van der Waals surface area contributed by atoms with E-state index in [1.807, 2.05) is 17.9 Å². The van der Waals surface area contributed by atoms with E-state index in [2.05, 4.69) is 18.8 Å². The maximum Gasteiger partial charge on any atom is 0.254 e. The lowest BCUT2D eigenvalue weighted by Gasteiger charge is -2.32. The Morgan fingerprint density at radius 2 is 2.22 bits per heavy atom. The lowest BCUT2D eigenvalue weighted by molar-refractivity contribution is 0.0500. The quantitative estimate of drug-likeness (QED) is 0.876. The molecule has 0 unspecified atom stereocenters. The molecular weight excluding hydrogens is 292 g/mol. The summed E-state index contributed by atoms with van der Waals surface area (Å²) >= 11 is 0. The molecule has 5 nitrogen and oxygen atoms in total. The van der Waals surface area contributed by atoms with E-state index in [0.29, 0.717) is 37.2 Å². The van der Waals surface area contributed by atoms with Crippen molar-refractivity contribution in [2.75, 3.05) is 26.3 Å². The second-order valence-electron chi connectivity index (χ2n) is 6.78. The van der Waals surface area contributed by atoms with Crippen LogP contribution in [-0.4, -0.2) is 42.1 Å². The average molecular weight is 320 g/mol. The van der Waals surface area contributed by atoms with Gasteiger partial charge >= 0.3 is 0 Å². The molecule has 1 amide bonds. The normalized spacial score (nSPS) is 18.4. The summed E-state index contributed by atoms with van der Waals surface area (Å²) in [4.78, 5) is 29.3. The molecule has 2 rings (SSSR count). The van der Waals surface area contributed by atoms with Crippen molar-refractivity contribution in [3.8, 4) is 0 Å². The lowest BCUT2D eigenvalue weighted by atomic mass is 9.98. The molecule has 0 aromatic carbocycles. The van der Waals surface area contributed by atoms with E-state index in [1.54, 1.807) is 0 Å². The summed E-state index contributed by atoms with van der Waals surface area (Å²) in [6.07, 6.45) is 2.85. The molecule has 1 saturated heterocycles. The number of likely N-dealkylation sites (tertiary alicyclic amines) is 1. The molecule has 2 heterocycles. The van der Waals surface area contributed by atoms with E-state index in [9.17, 15) is 9.59 Å². The number of amides is 1. The molecule has 0 aliphatic carbocycles. The topological polar surface area (TPSA) is 62.4 Å². The first kappa shape index (κ1) is 17.7. The van der Waals surface area contributed by atoms with Crippen LogP contribution in [0.4, 0.5) is 0 Å². The highest BCUT2D eigenvalue weighted by Crippen LogP contribution is 2.19. The van der Waals surface area contributed by atoms with Crippen LogP contribution in [0.15, 0.2) is 16.9 Å². The van der Waals surface area contributed by atoms with Crippen LogP contribution in [0.5, 0.6) is 0 Å². The summed E-state index contributed by atoms with van der Waals surface area (Å²) in [6.45, 7) is 9.05. The van der Waals surface area contributed by atoms with Gasteiger partial charge in [-0.2, -0.15) is 0 Å². The zero-order valence-corrected chi connectivity index (χ0v) is 14.4. The number of rotatable bonds is 6. The van der Waals surface area contributed by atoms with Gasteiger partial charge in [0.1, 0.15) is 0 Å². The molecule has 1 aliphatic heterocycles. The largest absolute Gasteiger partial charge is 0.381 e. The van der Waals surface area contributed by atoms with Gasteiger partial charge in [-0.05, 0) is 44.1 Å². The zero-order valence-electron chi connectivity index (χ0n) is 14.4. The van der Waals surface area contributed by atoms with Crippen molar-refractivity contribution < 1.29 is 9.53 Å². The third-order valence-corrected chi connectivity index (χ3v) is 4.14. The minimum Gasteiger partial charge on any atom is -0.381 e. The van der Waals surface area contributed by atoms with Crippen LogP contribution in [0.25, 0.3) is 0 Å². The van der Waals surface area contributed by atoms with E-state index in [-0.39, 0.29) is 11.5 Å². The number of hydrogen-bond donors (Lipinski definition) is 1. The highest BCUT2D eigenvalue weighted by molar-refractivity contribution is 5.94. The van der Waals surface area contributed by atoms with Gasteiger partial charge in [-0.1, -0.05) is 13.8 Å². The number of aromatic amines is 1. The molecule has 1 atom stereocenters. The summed E-state index contributed by atoms with van der Waals surface area (Å²) in [6, 6.07) is 3.24. The van der Waals surface area contributed by atoms with Crippen LogP contribution in [0.3, 0.4) is 0 Å². The predicted octanol–water partition coefficient (Wildman–Crippen LogP) is 2.46. The second-order valence-corrected chi connectivity index (χ2v) is 6.78. The van der Waals surface area contributed by atoms with Crippen molar-refractivity contribution in [2.45, 2.75) is 40.0 Å². The molecule has 1 aromatic rings. The molecule has 5 heteroatoms. The predicted molar refractivity (Wildman–Crippen MR) is 90.7 cm³/mol. The zero-order chi connectivity index (χ0) is 16.8. The Morgan fingerprint density at radius 1 is 1.43 bits per heavy atom. The summed E-state index contributed by atoms with van der Waals surface area (Å²) in [5.74, 6) is 0.786. The maximum atomic E-state index is 12.7. The average Bonchev–Trinajstić information content (AvgIpc) is 2.51. The summed E-state index contributed by atoms with van der Waals surface area (Å²) in [5, 5.41) is 0. The Bertz CT molecular complexity index is 580. The van der Waals surface area contributed by atoms with Gasteiger partial charge in [0.15, 0.2) is 0 Å². The summed E-state index contributed by atoms with van der Waals surface area (Å²) in [5.41, 5.74) is 1.13. The molecule has 23 heavy (non-hydrogen) atoms. The van der Waals surface area contributed by atoms with Crippen LogP contribution in [0.2, 0.25) is 0 Å². The third-order valence-electron chi connectivity index (χ3n) is 4.14. The van der Waals surface area contributed by atoms with E-state index < -0.39 is 0 Å². The Morgan fingerprint density at radius 3 is 2.91 bits per heavy atom. The number of carbonyl (C=O) groups excluding carboxylic acids is 1. The van der Waals surface area contributed by atoms with Crippen LogP contribution in [0, 0.1) is 11.8 Å². The summed E-state index contributed by atoms with van der Waals surface area (Å²) in [7, 11) is 0. The van der Waals surface area contributed by atoms with Crippen LogP contribution in [0.1, 0.15) is 49.7 Å². The minimum atomic E-state index is -0.200. The van der Waals surface area contributed by atoms with E-state index in [4.69, 9.17) is 4.74 Å². The van der Waals surface area contributed by atoms with Crippen molar-refractivity contribution in [1.29, 1.82) is 0 Å². The van der Waals surface area contributed by atoms with Crippen LogP contribution >= 0.6 is 0 Å². The Kier molecular flexibility index (Phi) is 6.39. The number of H-pyrrole nitrogens is 1. The highest BCUT2D eigenvalue weighted by atomic mass is 16.5. The fourth-order valence-electron chi connectivity index (χ4n) is 3.13. The first-order valence-corrected chi connectivity index (χ1v) is 8.59. The molecule has 0 radical (unpaired) electrons. The van der Waals surface area contributed by atoms with Crippen molar-refractivity contribution in [1.82, 2.24) is 9.88 Å². The molecule has 0 saturated carbocycles. The number of hydrogen-bond acceptors (Lipinski definition) is 3. The lowest BCUT2D eigenvalue weighted by Crippen LogP contribution is -2.41. The van der Waals surface area contributed by atoms with Crippen LogP contribution < -0.4 is 5.56 Å². The van der Waals surface area contributed by atoms with Gasteiger partial charge in [-0.15, -0.1) is 0 Å². The third kappa shape index (κ3) is 5.20. The Balaban J connectivity index is 2.10. The van der Waals surface area contributed by atoms with Gasteiger partial charge in [0, 0.05) is 37.0 Å². The standard InChI is InChI=1S/C18H28N2O3/c1-4-23-12-14-6-5-7-20(11-14)18(22)15-9-16(8-13(2)3)19-17(21)10-15/h9-10,13-14H,4-8,11-12H2,1-3H3,(H,19,21)/t14-/m0/s1. The van der Waals surface area contributed by atoms with Gasteiger partial charge in [0.05, 0.1) is 6.61 Å². The SMILES string of the molecule is CCOC[C@H]1CCCN(C(=O)c2cc(CC(C)C)[nH]c(=O)c2)C1. The summed E-state index contributed by atoms with van der Waals surface area (Å²) < 4.78 is 5.50. The number of nitrogens with one attached hydrogen (secondary N) is 1.